The number of aryl methyl sites for hydroxylation is 2. The van der Waals surface area contributed by atoms with E-state index in [2.05, 4.69) is 26.4 Å². The number of tetrazole rings is 1. The van der Waals surface area contributed by atoms with E-state index in [0.717, 1.165) is 22.5 Å². The monoisotopic (exact) mass is 356 g/mol. The molecule has 1 aromatic carbocycles. The molecule has 2 aromatic heterocycles. The number of hydrazine groups is 1. The normalized spacial score (nSPS) is 10.5. The summed E-state index contributed by atoms with van der Waals surface area (Å²) in [4.78, 5) is 25.9. The van der Waals surface area contributed by atoms with Gasteiger partial charge in [-0.15, -0.1) is 16.4 Å². The van der Waals surface area contributed by atoms with Gasteiger partial charge in [0.2, 0.25) is 0 Å². The molecule has 0 atom stereocenters. The number of hydrogen-bond acceptors (Lipinski definition) is 6. The van der Waals surface area contributed by atoms with E-state index < -0.39 is 5.91 Å². The number of amides is 2. The van der Waals surface area contributed by atoms with E-state index in [1.54, 1.807) is 24.3 Å². The Morgan fingerprint density at radius 3 is 2.48 bits per heavy atom. The van der Waals surface area contributed by atoms with Gasteiger partial charge >= 0.3 is 0 Å². The Morgan fingerprint density at radius 1 is 1.16 bits per heavy atom. The molecule has 9 heteroatoms. The molecule has 0 aliphatic rings. The molecule has 0 bridgehead atoms. The lowest BCUT2D eigenvalue weighted by molar-refractivity contribution is 0.0849. The van der Waals surface area contributed by atoms with Crippen LogP contribution in [0.1, 0.15) is 37.4 Å². The molecule has 8 nitrogen and oxygen atoms in total. The van der Waals surface area contributed by atoms with Crippen LogP contribution in [0, 0.1) is 6.92 Å². The van der Waals surface area contributed by atoms with Crippen LogP contribution in [0.2, 0.25) is 0 Å². The highest BCUT2D eigenvalue weighted by Gasteiger charge is 2.13. The second-order valence-electron chi connectivity index (χ2n) is 5.26. The van der Waals surface area contributed by atoms with Gasteiger partial charge in [0.25, 0.3) is 11.8 Å². The third-order valence-electron chi connectivity index (χ3n) is 3.66. The number of carbonyl (C=O) groups excluding carboxylic acids is 2. The maximum atomic E-state index is 12.1. The van der Waals surface area contributed by atoms with Crippen LogP contribution in [-0.2, 0) is 6.42 Å². The van der Waals surface area contributed by atoms with E-state index in [9.17, 15) is 9.59 Å². The lowest BCUT2D eigenvalue weighted by atomic mass is 10.2. The summed E-state index contributed by atoms with van der Waals surface area (Å²) in [5, 5.41) is 10.9. The molecule has 0 aliphatic heterocycles. The number of nitrogens with zero attached hydrogens (tertiary/aromatic N) is 4. The van der Waals surface area contributed by atoms with Crippen molar-refractivity contribution in [3.8, 4) is 5.69 Å². The Bertz CT molecular complexity index is 886. The van der Waals surface area contributed by atoms with Crippen molar-refractivity contribution in [2.45, 2.75) is 20.3 Å². The number of nitrogens with one attached hydrogen (secondary N) is 2. The van der Waals surface area contributed by atoms with Gasteiger partial charge in [0.05, 0.1) is 10.6 Å². The van der Waals surface area contributed by atoms with E-state index in [0.29, 0.717) is 10.4 Å². The highest BCUT2D eigenvalue weighted by Crippen LogP contribution is 2.21. The van der Waals surface area contributed by atoms with Crippen molar-refractivity contribution >= 4 is 23.2 Å². The molecule has 2 amide bonds. The van der Waals surface area contributed by atoms with E-state index in [4.69, 9.17) is 0 Å². The van der Waals surface area contributed by atoms with Gasteiger partial charge in [0, 0.05) is 10.4 Å². The van der Waals surface area contributed by atoms with E-state index in [-0.39, 0.29) is 5.91 Å². The fourth-order valence-corrected chi connectivity index (χ4v) is 3.28. The first kappa shape index (κ1) is 16.8. The summed E-state index contributed by atoms with van der Waals surface area (Å²) in [6, 6.07) is 8.53. The molecule has 0 radical (unpaired) electrons. The van der Waals surface area contributed by atoms with Crippen molar-refractivity contribution in [3.63, 3.8) is 0 Å². The molecule has 0 saturated heterocycles. The summed E-state index contributed by atoms with van der Waals surface area (Å²) in [5.74, 6) is -0.730. The second-order valence-corrected chi connectivity index (χ2v) is 6.51. The molecular weight excluding hydrogens is 340 g/mol. The minimum atomic E-state index is -0.402. The van der Waals surface area contributed by atoms with E-state index in [1.807, 2.05) is 19.9 Å². The molecule has 2 N–H and O–H groups in total. The van der Waals surface area contributed by atoms with Crippen LogP contribution >= 0.6 is 11.3 Å². The molecule has 2 heterocycles. The van der Waals surface area contributed by atoms with Crippen molar-refractivity contribution in [1.82, 2.24) is 31.1 Å². The largest absolute Gasteiger partial charge is 0.279 e. The molecular formula is C16H16N6O2S. The standard InChI is InChI=1S/C16H16N6O2S/c1-3-11-8-14(25-10(11)2)16(24)19-18-15(23)12-4-6-13(7-5-12)22-9-17-20-21-22/h4-9H,3H2,1-2H3,(H,18,23)(H,19,24). The summed E-state index contributed by atoms with van der Waals surface area (Å²) < 4.78 is 1.48. The van der Waals surface area contributed by atoms with Gasteiger partial charge in [-0.2, -0.15) is 0 Å². The van der Waals surface area contributed by atoms with Crippen LogP contribution in [0.4, 0.5) is 0 Å². The predicted octanol–water partition coefficient (Wildman–Crippen LogP) is 1.67. The van der Waals surface area contributed by atoms with Gasteiger partial charge in [0.1, 0.15) is 6.33 Å². The van der Waals surface area contributed by atoms with E-state index >= 15 is 0 Å². The molecule has 25 heavy (non-hydrogen) atoms. The summed E-state index contributed by atoms with van der Waals surface area (Å²) in [7, 11) is 0. The van der Waals surface area contributed by atoms with Gasteiger partial charge < -0.3 is 0 Å². The molecule has 3 rings (SSSR count). The summed E-state index contributed by atoms with van der Waals surface area (Å²) in [6.45, 7) is 4.02. The Balaban J connectivity index is 1.61. The Morgan fingerprint density at radius 2 is 1.88 bits per heavy atom. The average Bonchev–Trinajstić information content (AvgIpc) is 3.29. The number of thiophene rings is 1. The molecule has 0 aliphatic carbocycles. The minimum Gasteiger partial charge on any atom is -0.267 e. The Hall–Kier alpha value is -3.07. The first-order chi connectivity index (χ1) is 12.1. The Labute approximate surface area is 147 Å². The van der Waals surface area contributed by atoms with Crippen LogP contribution in [0.3, 0.4) is 0 Å². The molecule has 128 valence electrons. The fraction of sp³-hybridized carbons (Fsp3) is 0.188. The quantitative estimate of drug-likeness (QED) is 0.693. The van der Waals surface area contributed by atoms with Gasteiger partial charge in [0.15, 0.2) is 0 Å². The molecule has 0 fully saturated rings. The number of aromatic nitrogens is 4. The van der Waals surface area contributed by atoms with Crippen LogP contribution in [0.5, 0.6) is 0 Å². The van der Waals surface area contributed by atoms with Gasteiger partial charge in [-0.3, -0.25) is 20.4 Å². The zero-order valence-electron chi connectivity index (χ0n) is 13.7. The van der Waals surface area contributed by atoms with Crippen LogP contribution in [-0.4, -0.2) is 32.0 Å². The number of rotatable bonds is 4. The zero-order valence-corrected chi connectivity index (χ0v) is 14.5. The number of benzene rings is 1. The zero-order chi connectivity index (χ0) is 17.8. The number of hydrogen-bond donors (Lipinski definition) is 2. The first-order valence-electron chi connectivity index (χ1n) is 7.62. The molecule has 0 saturated carbocycles. The third-order valence-corrected chi connectivity index (χ3v) is 4.75. The average molecular weight is 356 g/mol. The summed E-state index contributed by atoms with van der Waals surface area (Å²) >= 11 is 1.41. The summed E-state index contributed by atoms with van der Waals surface area (Å²) in [6.07, 6.45) is 2.33. The van der Waals surface area contributed by atoms with E-state index in [1.165, 1.54) is 22.3 Å². The maximum Gasteiger partial charge on any atom is 0.279 e. The van der Waals surface area contributed by atoms with Gasteiger partial charge in [-0.05, 0) is 59.7 Å². The van der Waals surface area contributed by atoms with Crippen LogP contribution < -0.4 is 10.9 Å². The van der Waals surface area contributed by atoms with Crippen molar-refractivity contribution in [2.75, 3.05) is 0 Å². The van der Waals surface area contributed by atoms with Crippen LogP contribution in [0.15, 0.2) is 36.7 Å². The smallest absolute Gasteiger partial charge is 0.267 e. The number of carbonyl (C=O) groups is 2. The molecule has 0 spiro atoms. The topological polar surface area (TPSA) is 102 Å². The predicted molar refractivity (Wildman–Crippen MR) is 92.5 cm³/mol. The summed E-state index contributed by atoms with van der Waals surface area (Å²) in [5.41, 5.74) is 7.14. The highest BCUT2D eigenvalue weighted by molar-refractivity contribution is 7.14. The van der Waals surface area contributed by atoms with Crippen molar-refractivity contribution in [1.29, 1.82) is 0 Å². The third kappa shape index (κ3) is 3.72. The lowest BCUT2D eigenvalue weighted by Gasteiger charge is -2.07. The second kappa shape index (κ2) is 7.22. The molecule has 3 aromatic rings. The van der Waals surface area contributed by atoms with Crippen LogP contribution in [0.25, 0.3) is 5.69 Å². The first-order valence-corrected chi connectivity index (χ1v) is 8.43. The SMILES string of the molecule is CCc1cc(C(=O)NNC(=O)c2ccc(-n3cnnn3)cc2)sc1C. The van der Waals surface area contributed by atoms with Gasteiger partial charge in [-0.25, -0.2) is 4.68 Å². The van der Waals surface area contributed by atoms with Crippen molar-refractivity contribution < 1.29 is 9.59 Å². The van der Waals surface area contributed by atoms with Gasteiger partial charge in [-0.1, -0.05) is 6.92 Å². The minimum absolute atomic E-state index is 0.327. The fourth-order valence-electron chi connectivity index (χ4n) is 2.28. The highest BCUT2D eigenvalue weighted by atomic mass is 32.1. The van der Waals surface area contributed by atoms with Crippen molar-refractivity contribution in [3.05, 3.63) is 57.5 Å². The van der Waals surface area contributed by atoms with Crippen molar-refractivity contribution in [2.24, 2.45) is 0 Å². The Kier molecular flexibility index (Phi) is 4.85. The molecule has 0 unspecified atom stereocenters. The maximum absolute atomic E-state index is 12.1. The lowest BCUT2D eigenvalue weighted by Crippen LogP contribution is -2.41.